The number of nitrogen functional groups attached to an aromatic ring is 1. The van der Waals surface area contributed by atoms with E-state index in [4.69, 9.17) is 5.73 Å². The molecule has 0 bridgehead atoms. The minimum Gasteiger partial charge on any atom is -0.397 e. The van der Waals surface area contributed by atoms with Crippen LogP contribution in [0.4, 0.5) is 20.2 Å². The SMILES string of the molecule is CC(C)CNC(=O)CCNc1c(N)ccc(F)c1F. The molecule has 0 fully saturated rings. The molecule has 0 spiro atoms. The van der Waals surface area contributed by atoms with Gasteiger partial charge in [-0.1, -0.05) is 13.8 Å². The third kappa shape index (κ3) is 4.73. The molecule has 0 atom stereocenters. The number of benzene rings is 1. The predicted octanol–water partition coefficient (Wildman–Crippen LogP) is 2.12. The number of nitrogens with one attached hydrogen (secondary N) is 2. The molecule has 0 unspecified atom stereocenters. The minimum absolute atomic E-state index is 0.100. The first kappa shape index (κ1) is 15.2. The van der Waals surface area contributed by atoms with Crippen molar-refractivity contribution in [1.29, 1.82) is 0 Å². The summed E-state index contributed by atoms with van der Waals surface area (Å²) in [6, 6.07) is 2.24. The smallest absolute Gasteiger partial charge is 0.221 e. The lowest BCUT2D eigenvalue weighted by Gasteiger charge is -2.11. The third-order valence-corrected chi connectivity index (χ3v) is 2.49. The topological polar surface area (TPSA) is 67.2 Å². The number of nitrogens with two attached hydrogens (primary N) is 1. The average molecular weight is 271 g/mol. The molecule has 1 aromatic carbocycles. The van der Waals surface area contributed by atoms with E-state index in [0.29, 0.717) is 12.5 Å². The summed E-state index contributed by atoms with van der Waals surface area (Å²) in [4.78, 5) is 11.4. The monoisotopic (exact) mass is 271 g/mol. The van der Waals surface area contributed by atoms with Crippen molar-refractivity contribution in [3.05, 3.63) is 23.8 Å². The minimum atomic E-state index is -1.03. The summed E-state index contributed by atoms with van der Waals surface area (Å²) in [6.07, 6.45) is 0.169. The van der Waals surface area contributed by atoms with E-state index in [9.17, 15) is 13.6 Å². The van der Waals surface area contributed by atoms with Gasteiger partial charge in [0.25, 0.3) is 0 Å². The molecule has 0 radical (unpaired) electrons. The summed E-state index contributed by atoms with van der Waals surface area (Å²) in [5.74, 6) is -1.77. The molecule has 1 amide bonds. The van der Waals surface area contributed by atoms with E-state index in [1.165, 1.54) is 6.07 Å². The molecular weight excluding hydrogens is 252 g/mol. The maximum atomic E-state index is 13.4. The molecule has 1 rings (SSSR count). The van der Waals surface area contributed by atoms with E-state index >= 15 is 0 Å². The molecule has 4 nitrogen and oxygen atoms in total. The highest BCUT2D eigenvalue weighted by molar-refractivity contribution is 5.77. The van der Waals surface area contributed by atoms with Crippen LogP contribution in [0.15, 0.2) is 12.1 Å². The van der Waals surface area contributed by atoms with Gasteiger partial charge in [0.1, 0.15) is 0 Å². The maximum Gasteiger partial charge on any atom is 0.221 e. The number of carbonyl (C=O) groups is 1. The Kier molecular flexibility index (Phi) is 5.54. The summed E-state index contributed by atoms with van der Waals surface area (Å²) < 4.78 is 26.4. The van der Waals surface area contributed by atoms with Crippen LogP contribution in [0.3, 0.4) is 0 Å². The van der Waals surface area contributed by atoms with Crippen molar-refractivity contribution >= 4 is 17.3 Å². The van der Waals surface area contributed by atoms with E-state index in [1.54, 1.807) is 0 Å². The van der Waals surface area contributed by atoms with Crippen molar-refractivity contribution in [2.24, 2.45) is 5.92 Å². The van der Waals surface area contributed by atoms with Crippen molar-refractivity contribution in [3.8, 4) is 0 Å². The van der Waals surface area contributed by atoms with Gasteiger partial charge in [-0.15, -0.1) is 0 Å². The fourth-order valence-corrected chi connectivity index (χ4v) is 1.45. The first-order valence-corrected chi connectivity index (χ1v) is 6.16. The van der Waals surface area contributed by atoms with Crippen molar-refractivity contribution in [2.45, 2.75) is 20.3 Å². The van der Waals surface area contributed by atoms with Crippen LogP contribution in [0.1, 0.15) is 20.3 Å². The largest absolute Gasteiger partial charge is 0.397 e. The average Bonchev–Trinajstić information content (AvgIpc) is 2.35. The van der Waals surface area contributed by atoms with Gasteiger partial charge >= 0.3 is 0 Å². The first-order chi connectivity index (χ1) is 8.91. The number of amides is 1. The Hall–Kier alpha value is -1.85. The fourth-order valence-electron chi connectivity index (χ4n) is 1.45. The summed E-state index contributed by atoms with van der Waals surface area (Å²) in [6.45, 7) is 4.76. The summed E-state index contributed by atoms with van der Waals surface area (Å²) in [5, 5.41) is 5.37. The quantitative estimate of drug-likeness (QED) is 0.694. The second-order valence-electron chi connectivity index (χ2n) is 4.70. The lowest BCUT2D eigenvalue weighted by atomic mass is 10.2. The number of hydrogen-bond donors (Lipinski definition) is 3. The van der Waals surface area contributed by atoms with Crippen molar-refractivity contribution in [1.82, 2.24) is 5.32 Å². The van der Waals surface area contributed by atoms with Gasteiger partial charge in [-0.25, -0.2) is 8.78 Å². The molecular formula is C13H19F2N3O. The summed E-state index contributed by atoms with van der Waals surface area (Å²) >= 11 is 0. The van der Waals surface area contributed by atoms with Crippen molar-refractivity contribution in [3.63, 3.8) is 0 Å². The van der Waals surface area contributed by atoms with Crippen molar-refractivity contribution in [2.75, 3.05) is 24.1 Å². The molecule has 1 aromatic rings. The Morgan fingerprint density at radius 3 is 2.68 bits per heavy atom. The zero-order valence-corrected chi connectivity index (χ0v) is 11.1. The zero-order valence-electron chi connectivity index (χ0n) is 11.1. The Morgan fingerprint density at radius 1 is 1.37 bits per heavy atom. The van der Waals surface area contributed by atoms with E-state index < -0.39 is 11.6 Å². The Labute approximate surface area is 111 Å². The second kappa shape index (κ2) is 6.92. The van der Waals surface area contributed by atoms with Crippen molar-refractivity contribution < 1.29 is 13.6 Å². The van der Waals surface area contributed by atoms with Gasteiger partial charge in [0.2, 0.25) is 5.91 Å². The van der Waals surface area contributed by atoms with E-state index in [2.05, 4.69) is 10.6 Å². The number of carbonyl (C=O) groups excluding carboxylic acids is 1. The highest BCUT2D eigenvalue weighted by Gasteiger charge is 2.11. The van der Waals surface area contributed by atoms with Gasteiger partial charge in [0.15, 0.2) is 11.6 Å². The highest BCUT2D eigenvalue weighted by atomic mass is 19.2. The van der Waals surface area contributed by atoms with Crippen LogP contribution >= 0.6 is 0 Å². The lowest BCUT2D eigenvalue weighted by Crippen LogP contribution is -2.28. The van der Waals surface area contributed by atoms with Crippen LogP contribution in [-0.4, -0.2) is 19.0 Å². The van der Waals surface area contributed by atoms with Gasteiger partial charge < -0.3 is 16.4 Å². The van der Waals surface area contributed by atoms with Crippen LogP contribution in [0, 0.1) is 17.6 Å². The second-order valence-corrected chi connectivity index (χ2v) is 4.70. The first-order valence-electron chi connectivity index (χ1n) is 6.16. The Balaban J connectivity index is 2.45. The molecule has 0 heterocycles. The highest BCUT2D eigenvalue weighted by Crippen LogP contribution is 2.24. The van der Waals surface area contributed by atoms with Crippen LogP contribution in [-0.2, 0) is 4.79 Å². The number of halogens is 2. The number of hydrogen-bond acceptors (Lipinski definition) is 3. The third-order valence-electron chi connectivity index (χ3n) is 2.49. The number of rotatable bonds is 6. The van der Waals surface area contributed by atoms with Crippen LogP contribution < -0.4 is 16.4 Å². The molecule has 0 aliphatic carbocycles. The predicted molar refractivity (Wildman–Crippen MR) is 71.7 cm³/mol. The summed E-state index contributed by atoms with van der Waals surface area (Å²) in [5.41, 5.74) is 5.55. The standard InChI is InChI=1S/C13H19F2N3O/c1-8(2)7-18-11(19)5-6-17-13-10(16)4-3-9(14)12(13)15/h3-4,8,17H,5-7,16H2,1-2H3,(H,18,19). The van der Waals surface area contributed by atoms with Gasteiger partial charge in [-0.05, 0) is 18.1 Å². The van der Waals surface area contributed by atoms with Crippen LogP contribution in [0.2, 0.25) is 0 Å². The van der Waals surface area contributed by atoms with Gasteiger partial charge in [-0.3, -0.25) is 4.79 Å². The summed E-state index contributed by atoms with van der Waals surface area (Å²) in [7, 11) is 0. The normalized spacial score (nSPS) is 10.6. The van der Waals surface area contributed by atoms with E-state index in [0.717, 1.165) is 6.07 Å². The Bertz CT molecular complexity index is 450. The molecule has 0 saturated carbocycles. The zero-order chi connectivity index (χ0) is 14.4. The van der Waals surface area contributed by atoms with E-state index in [-0.39, 0.29) is 30.2 Å². The lowest BCUT2D eigenvalue weighted by molar-refractivity contribution is -0.120. The molecule has 0 aliphatic rings. The molecule has 6 heteroatoms. The molecule has 0 aliphatic heterocycles. The fraction of sp³-hybridized carbons (Fsp3) is 0.462. The Morgan fingerprint density at radius 2 is 2.05 bits per heavy atom. The molecule has 106 valence electrons. The molecule has 19 heavy (non-hydrogen) atoms. The van der Waals surface area contributed by atoms with Gasteiger partial charge in [0, 0.05) is 19.5 Å². The molecule has 0 aromatic heterocycles. The molecule has 0 saturated heterocycles. The maximum absolute atomic E-state index is 13.4. The molecule has 4 N–H and O–H groups in total. The van der Waals surface area contributed by atoms with E-state index in [1.807, 2.05) is 13.8 Å². The van der Waals surface area contributed by atoms with Crippen LogP contribution in [0.25, 0.3) is 0 Å². The number of anilines is 2. The van der Waals surface area contributed by atoms with Gasteiger partial charge in [0.05, 0.1) is 11.4 Å². The van der Waals surface area contributed by atoms with Crippen LogP contribution in [0.5, 0.6) is 0 Å². The van der Waals surface area contributed by atoms with Gasteiger partial charge in [-0.2, -0.15) is 0 Å².